The van der Waals surface area contributed by atoms with Crippen molar-refractivity contribution in [2.24, 2.45) is 0 Å². The second-order valence-electron chi connectivity index (χ2n) is 5.77. The second-order valence-corrected chi connectivity index (χ2v) is 6.18. The lowest BCUT2D eigenvalue weighted by molar-refractivity contribution is 0.269. The van der Waals surface area contributed by atoms with E-state index in [9.17, 15) is 0 Å². The van der Waals surface area contributed by atoms with Gasteiger partial charge in [0.1, 0.15) is 6.61 Å². The first-order valence-electron chi connectivity index (χ1n) is 8.48. The Bertz CT molecular complexity index is 641. The first-order chi connectivity index (χ1) is 11.6. The summed E-state index contributed by atoms with van der Waals surface area (Å²) < 4.78 is 11.7. The molecule has 3 nitrogen and oxygen atoms in total. The van der Waals surface area contributed by atoms with Crippen LogP contribution in [0.3, 0.4) is 0 Å². The van der Waals surface area contributed by atoms with E-state index in [0.29, 0.717) is 24.0 Å². The third kappa shape index (κ3) is 5.43. The molecular weight excluding hydrogens is 322 g/mol. The average Bonchev–Trinajstić information content (AvgIpc) is 2.58. The van der Waals surface area contributed by atoms with E-state index < -0.39 is 0 Å². The van der Waals surface area contributed by atoms with E-state index in [1.54, 1.807) is 0 Å². The third-order valence-electron chi connectivity index (χ3n) is 3.67. The molecule has 0 aliphatic carbocycles. The molecule has 0 aliphatic rings. The molecule has 0 atom stereocenters. The van der Waals surface area contributed by atoms with Crippen molar-refractivity contribution >= 4 is 11.6 Å². The summed E-state index contributed by atoms with van der Waals surface area (Å²) >= 11 is 6.41. The average molecular weight is 348 g/mol. The summed E-state index contributed by atoms with van der Waals surface area (Å²) in [6.07, 6.45) is 1.09. The summed E-state index contributed by atoms with van der Waals surface area (Å²) in [6, 6.07) is 12.1. The van der Waals surface area contributed by atoms with Gasteiger partial charge in [0.2, 0.25) is 0 Å². The molecular formula is C20H26ClNO2. The van der Waals surface area contributed by atoms with Crippen LogP contribution < -0.4 is 14.8 Å². The zero-order valence-electron chi connectivity index (χ0n) is 14.7. The Morgan fingerprint density at radius 3 is 2.38 bits per heavy atom. The molecule has 0 aromatic heterocycles. The standard InChI is InChI=1S/C20H26ClNO2/c1-4-10-22-13-17-11-19(23-5-2)20(12-18(17)21)24-14-16-8-6-15(3)7-9-16/h6-9,11-12,22H,4-5,10,13-14H2,1-3H3. The number of benzene rings is 2. The molecule has 4 heteroatoms. The van der Waals surface area contributed by atoms with E-state index >= 15 is 0 Å². The summed E-state index contributed by atoms with van der Waals surface area (Å²) in [5, 5.41) is 4.06. The molecule has 0 fully saturated rings. The van der Waals surface area contributed by atoms with E-state index in [0.717, 1.165) is 36.4 Å². The summed E-state index contributed by atoms with van der Waals surface area (Å²) in [6.45, 7) is 8.95. The maximum absolute atomic E-state index is 6.41. The fraction of sp³-hybridized carbons (Fsp3) is 0.400. The summed E-state index contributed by atoms with van der Waals surface area (Å²) in [5.41, 5.74) is 3.38. The van der Waals surface area contributed by atoms with Gasteiger partial charge in [-0.05, 0) is 44.0 Å². The third-order valence-corrected chi connectivity index (χ3v) is 4.02. The molecule has 0 radical (unpaired) electrons. The maximum Gasteiger partial charge on any atom is 0.163 e. The number of hydrogen-bond acceptors (Lipinski definition) is 3. The fourth-order valence-corrected chi connectivity index (χ4v) is 2.56. The van der Waals surface area contributed by atoms with Crippen LogP contribution in [0.1, 0.15) is 37.0 Å². The number of hydrogen-bond donors (Lipinski definition) is 1. The minimum Gasteiger partial charge on any atom is -0.490 e. The largest absolute Gasteiger partial charge is 0.490 e. The van der Waals surface area contributed by atoms with Crippen molar-refractivity contribution in [1.29, 1.82) is 0 Å². The molecule has 0 saturated heterocycles. The van der Waals surface area contributed by atoms with Gasteiger partial charge in [-0.25, -0.2) is 0 Å². The van der Waals surface area contributed by atoms with Gasteiger partial charge in [-0.2, -0.15) is 0 Å². The minimum absolute atomic E-state index is 0.490. The van der Waals surface area contributed by atoms with Crippen molar-refractivity contribution in [3.63, 3.8) is 0 Å². The highest BCUT2D eigenvalue weighted by Crippen LogP contribution is 2.34. The van der Waals surface area contributed by atoms with Crippen LogP contribution in [0, 0.1) is 6.92 Å². The van der Waals surface area contributed by atoms with Crippen molar-refractivity contribution < 1.29 is 9.47 Å². The molecule has 0 heterocycles. The molecule has 2 aromatic carbocycles. The Morgan fingerprint density at radius 1 is 1.00 bits per heavy atom. The van der Waals surface area contributed by atoms with Gasteiger partial charge >= 0.3 is 0 Å². The number of ether oxygens (including phenoxy) is 2. The molecule has 1 N–H and O–H groups in total. The predicted molar refractivity (Wildman–Crippen MR) is 100 cm³/mol. The smallest absolute Gasteiger partial charge is 0.163 e. The van der Waals surface area contributed by atoms with Crippen molar-refractivity contribution in [3.8, 4) is 11.5 Å². The number of aryl methyl sites for hydroxylation is 1. The number of rotatable bonds is 9. The van der Waals surface area contributed by atoms with Gasteiger partial charge in [-0.3, -0.25) is 0 Å². The van der Waals surface area contributed by atoms with E-state index in [-0.39, 0.29) is 0 Å². The summed E-state index contributed by atoms with van der Waals surface area (Å²) in [7, 11) is 0. The lowest BCUT2D eigenvalue weighted by Gasteiger charge is -2.15. The Morgan fingerprint density at radius 2 is 1.71 bits per heavy atom. The van der Waals surface area contributed by atoms with Crippen LogP contribution in [-0.4, -0.2) is 13.2 Å². The van der Waals surface area contributed by atoms with Crippen molar-refractivity contribution in [1.82, 2.24) is 5.32 Å². The highest BCUT2D eigenvalue weighted by molar-refractivity contribution is 6.31. The zero-order valence-corrected chi connectivity index (χ0v) is 15.5. The van der Waals surface area contributed by atoms with Crippen LogP contribution in [0.25, 0.3) is 0 Å². The van der Waals surface area contributed by atoms with Gasteiger partial charge in [0.25, 0.3) is 0 Å². The van der Waals surface area contributed by atoms with E-state index in [1.807, 2.05) is 19.1 Å². The highest BCUT2D eigenvalue weighted by atomic mass is 35.5. The van der Waals surface area contributed by atoms with E-state index in [2.05, 4.69) is 43.4 Å². The van der Waals surface area contributed by atoms with Crippen LogP contribution >= 0.6 is 11.6 Å². The molecule has 24 heavy (non-hydrogen) atoms. The number of halogens is 1. The normalized spacial score (nSPS) is 10.7. The second kappa shape index (κ2) is 9.55. The molecule has 2 aromatic rings. The van der Waals surface area contributed by atoms with Crippen LogP contribution in [0.15, 0.2) is 36.4 Å². The van der Waals surface area contributed by atoms with Gasteiger partial charge in [-0.15, -0.1) is 0 Å². The van der Waals surface area contributed by atoms with Gasteiger partial charge in [0.15, 0.2) is 11.5 Å². The van der Waals surface area contributed by atoms with Gasteiger partial charge in [0, 0.05) is 17.6 Å². The fourth-order valence-electron chi connectivity index (χ4n) is 2.34. The molecule has 0 saturated carbocycles. The zero-order chi connectivity index (χ0) is 17.4. The van der Waals surface area contributed by atoms with Crippen molar-refractivity contribution in [2.75, 3.05) is 13.2 Å². The van der Waals surface area contributed by atoms with Crippen LogP contribution in [0.5, 0.6) is 11.5 Å². The molecule has 0 bridgehead atoms. The SMILES string of the molecule is CCCNCc1cc(OCC)c(OCc2ccc(C)cc2)cc1Cl. The van der Waals surface area contributed by atoms with Gasteiger partial charge < -0.3 is 14.8 Å². The Kier molecular flexibility index (Phi) is 7.41. The Labute approximate surface area is 149 Å². The first kappa shape index (κ1) is 18.6. The van der Waals surface area contributed by atoms with Crippen LogP contribution in [-0.2, 0) is 13.2 Å². The lowest BCUT2D eigenvalue weighted by Crippen LogP contribution is -2.14. The molecule has 2 rings (SSSR count). The van der Waals surface area contributed by atoms with Crippen LogP contribution in [0.2, 0.25) is 5.02 Å². The molecule has 0 aliphatic heterocycles. The quantitative estimate of drug-likeness (QED) is 0.638. The molecule has 0 amide bonds. The minimum atomic E-state index is 0.490. The van der Waals surface area contributed by atoms with Crippen molar-refractivity contribution in [2.45, 2.75) is 40.3 Å². The monoisotopic (exact) mass is 347 g/mol. The maximum atomic E-state index is 6.41. The van der Waals surface area contributed by atoms with Gasteiger partial charge in [-0.1, -0.05) is 48.4 Å². The predicted octanol–water partition coefficient (Wildman–Crippen LogP) is 5.13. The Hall–Kier alpha value is -1.71. The first-order valence-corrected chi connectivity index (χ1v) is 8.86. The number of nitrogens with one attached hydrogen (secondary N) is 1. The summed E-state index contributed by atoms with van der Waals surface area (Å²) in [4.78, 5) is 0. The Balaban J connectivity index is 2.12. The molecule has 0 spiro atoms. The van der Waals surface area contributed by atoms with E-state index in [4.69, 9.17) is 21.1 Å². The van der Waals surface area contributed by atoms with Crippen molar-refractivity contribution in [3.05, 3.63) is 58.1 Å². The molecule has 0 unspecified atom stereocenters. The lowest BCUT2D eigenvalue weighted by atomic mass is 10.1. The highest BCUT2D eigenvalue weighted by Gasteiger charge is 2.11. The van der Waals surface area contributed by atoms with Gasteiger partial charge in [0.05, 0.1) is 6.61 Å². The molecule has 130 valence electrons. The topological polar surface area (TPSA) is 30.5 Å². The van der Waals surface area contributed by atoms with E-state index in [1.165, 1.54) is 5.56 Å². The summed E-state index contributed by atoms with van der Waals surface area (Å²) in [5.74, 6) is 1.42. The van der Waals surface area contributed by atoms with Crippen LogP contribution in [0.4, 0.5) is 0 Å².